The van der Waals surface area contributed by atoms with Crippen LogP contribution in [-0.2, 0) is 4.74 Å². The maximum absolute atomic E-state index is 12.2. The zero-order chi connectivity index (χ0) is 9.84. The van der Waals surface area contributed by atoms with Crippen LogP contribution in [0, 0.1) is 0 Å². The van der Waals surface area contributed by atoms with E-state index in [0.717, 1.165) is 6.26 Å². The molecule has 1 rings (SSSR count). The summed E-state index contributed by atoms with van der Waals surface area (Å²) in [5.74, 6) is -1.43. The second kappa shape index (κ2) is 4.02. The molecule has 0 saturated carbocycles. The third kappa shape index (κ3) is 2.05. The average Bonchev–Trinajstić information content (AvgIpc) is 2.52. The van der Waals surface area contributed by atoms with Gasteiger partial charge in [-0.15, -0.1) is 0 Å². The highest BCUT2D eigenvalue weighted by Gasteiger charge is 2.22. The van der Waals surface area contributed by atoms with Gasteiger partial charge in [-0.25, -0.2) is 13.6 Å². The lowest BCUT2D eigenvalue weighted by molar-refractivity contribution is 0.0507. The highest BCUT2D eigenvalue weighted by Crippen LogP contribution is 2.24. The maximum Gasteiger partial charge on any atom is 0.341 e. The summed E-state index contributed by atoms with van der Waals surface area (Å²) in [5.41, 5.74) is -0.211. The van der Waals surface area contributed by atoms with Gasteiger partial charge in [0.1, 0.15) is 5.56 Å². The molecule has 0 aliphatic heterocycles. The van der Waals surface area contributed by atoms with Crippen LogP contribution >= 0.6 is 0 Å². The van der Waals surface area contributed by atoms with Crippen molar-refractivity contribution in [1.82, 2.24) is 0 Å². The molecule has 0 N–H and O–H groups in total. The Balaban J connectivity index is 2.87. The van der Waals surface area contributed by atoms with Crippen molar-refractivity contribution in [2.24, 2.45) is 0 Å². The van der Waals surface area contributed by atoms with Crippen molar-refractivity contribution in [3.05, 3.63) is 23.7 Å². The molecule has 0 unspecified atom stereocenters. The van der Waals surface area contributed by atoms with E-state index < -0.39 is 18.2 Å². The van der Waals surface area contributed by atoms with Crippen molar-refractivity contribution in [2.75, 3.05) is 6.61 Å². The Morgan fingerprint density at radius 3 is 2.92 bits per heavy atom. The molecule has 1 aromatic heterocycles. The van der Waals surface area contributed by atoms with Crippen molar-refractivity contribution in [1.29, 1.82) is 0 Å². The molecule has 0 spiro atoms. The van der Waals surface area contributed by atoms with Crippen LogP contribution in [0.5, 0.6) is 0 Å². The van der Waals surface area contributed by atoms with Gasteiger partial charge in [-0.2, -0.15) is 0 Å². The van der Waals surface area contributed by atoms with Crippen LogP contribution in [0.15, 0.2) is 16.7 Å². The van der Waals surface area contributed by atoms with Crippen molar-refractivity contribution in [3.63, 3.8) is 0 Å². The molecule has 0 bridgehead atoms. The molecule has 1 heterocycles. The molecule has 0 aliphatic rings. The van der Waals surface area contributed by atoms with Crippen LogP contribution in [0.4, 0.5) is 8.78 Å². The van der Waals surface area contributed by atoms with Crippen LogP contribution in [-0.4, -0.2) is 12.6 Å². The quantitative estimate of drug-likeness (QED) is 0.687. The summed E-state index contributed by atoms with van der Waals surface area (Å²) in [6.07, 6.45) is -1.76. The van der Waals surface area contributed by atoms with E-state index in [-0.39, 0.29) is 12.2 Å². The Hall–Kier alpha value is -1.39. The van der Waals surface area contributed by atoms with E-state index in [9.17, 15) is 13.6 Å². The molecule has 0 aliphatic carbocycles. The van der Waals surface area contributed by atoms with E-state index >= 15 is 0 Å². The minimum Gasteiger partial charge on any atom is -0.462 e. The Morgan fingerprint density at radius 1 is 1.69 bits per heavy atom. The van der Waals surface area contributed by atoms with Crippen LogP contribution in [0.3, 0.4) is 0 Å². The molecule has 0 atom stereocenters. The van der Waals surface area contributed by atoms with Gasteiger partial charge in [0, 0.05) is 0 Å². The van der Waals surface area contributed by atoms with Gasteiger partial charge in [0.25, 0.3) is 6.43 Å². The normalized spacial score (nSPS) is 10.5. The molecular weight excluding hydrogens is 182 g/mol. The Bertz CT molecular complexity index is 293. The predicted octanol–water partition coefficient (Wildman–Crippen LogP) is 2.39. The van der Waals surface area contributed by atoms with Crippen LogP contribution in [0.1, 0.15) is 29.5 Å². The van der Waals surface area contributed by atoms with Crippen molar-refractivity contribution < 1.29 is 22.7 Å². The number of rotatable bonds is 3. The van der Waals surface area contributed by atoms with Crippen LogP contribution < -0.4 is 0 Å². The van der Waals surface area contributed by atoms with E-state index in [2.05, 4.69) is 9.15 Å². The van der Waals surface area contributed by atoms with E-state index in [1.54, 1.807) is 6.92 Å². The summed E-state index contributed by atoms with van der Waals surface area (Å²) in [6, 6.07) is 1.17. The van der Waals surface area contributed by atoms with Gasteiger partial charge < -0.3 is 9.15 Å². The molecule has 5 heteroatoms. The minimum atomic E-state index is -2.80. The summed E-state index contributed by atoms with van der Waals surface area (Å²) in [4.78, 5) is 11.0. The first-order valence-electron chi connectivity index (χ1n) is 3.69. The van der Waals surface area contributed by atoms with Gasteiger partial charge in [0.2, 0.25) is 0 Å². The molecule has 72 valence electrons. The van der Waals surface area contributed by atoms with Crippen molar-refractivity contribution in [2.45, 2.75) is 13.3 Å². The molecule has 3 nitrogen and oxygen atoms in total. The molecule has 0 saturated heterocycles. The van der Waals surface area contributed by atoms with Crippen LogP contribution in [0.25, 0.3) is 0 Å². The Labute approximate surface area is 73.3 Å². The molecule has 0 fully saturated rings. The fourth-order valence-corrected chi connectivity index (χ4v) is 0.867. The number of carbonyl (C=O) groups is 1. The van der Waals surface area contributed by atoms with Gasteiger partial charge in [0.05, 0.1) is 12.9 Å². The van der Waals surface area contributed by atoms with E-state index in [1.807, 2.05) is 0 Å². The first-order chi connectivity index (χ1) is 6.16. The monoisotopic (exact) mass is 190 g/mol. The fourth-order valence-electron chi connectivity index (χ4n) is 0.867. The molecule has 0 aromatic carbocycles. The van der Waals surface area contributed by atoms with Gasteiger partial charge in [-0.05, 0) is 13.0 Å². The highest BCUT2D eigenvalue weighted by atomic mass is 19.3. The third-order valence-corrected chi connectivity index (χ3v) is 1.39. The number of ether oxygens (including phenoxy) is 1. The number of carbonyl (C=O) groups excluding carboxylic acids is 1. The topological polar surface area (TPSA) is 39.4 Å². The fraction of sp³-hybridized carbons (Fsp3) is 0.375. The summed E-state index contributed by atoms with van der Waals surface area (Å²) >= 11 is 0. The predicted molar refractivity (Wildman–Crippen MR) is 39.6 cm³/mol. The number of hydrogen-bond acceptors (Lipinski definition) is 3. The number of alkyl halides is 2. The number of hydrogen-bond donors (Lipinski definition) is 0. The van der Waals surface area contributed by atoms with Gasteiger partial charge in [-0.3, -0.25) is 0 Å². The zero-order valence-electron chi connectivity index (χ0n) is 6.92. The average molecular weight is 190 g/mol. The van der Waals surface area contributed by atoms with E-state index in [4.69, 9.17) is 0 Å². The largest absolute Gasteiger partial charge is 0.462 e. The summed E-state index contributed by atoms with van der Waals surface area (Å²) in [6.45, 7) is 1.74. The number of halogens is 2. The molecule has 0 radical (unpaired) electrons. The first kappa shape index (κ1) is 9.70. The standard InChI is InChI=1S/C8H8F2O3/c1-2-12-8(11)5-3-4-13-6(5)7(9)10/h3-4,7H,2H2,1H3. The lowest BCUT2D eigenvalue weighted by Gasteiger charge is -2.00. The minimum absolute atomic E-state index is 0.146. The van der Waals surface area contributed by atoms with Gasteiger partial charge in [-0.1, -0.05) is 0 Å². The Kier molecular flexibility index (Phi) is 3.00. The summed E-state index contributed by atoms with van der Waals surface area (Å²) < 4.78 is 33.3. The maximum atomic E-state index is 12.2. The molecule has 1 aromatic rings. The SMILES string of the molecule is CCOC(=O)c1ccoc1C(F)F. The van der Waals surface area contributed by atoms with Crippen LogP contribution in [0.2, 0.25) is 0 Å². The molecular formula is C8H8F2O3. The number of esters is 1. The Morgan fingerprint density at radius 2 is 2.38 bits per heavy atom. The van der Waals surface area contributed by atoms with E-state index in [1.165, 1.54) is 6.07 Å². The van der Waals surface area contributed by atoms with Gasteiger partial charge in [0.15, 0.2) is 5.76 Å². The summed E-state index contributed by atoms with van der Waals surface area (Å²) in [5, 5.41) is 0. The third-order valence-electron chi connectivity index (χ3n) is 1.39. The highest BCUT2D eigenvalue weighted by molar-refractivity contribution is 5.90. The number of furan rings is 1. The smallest absolute Gasteiger partial charge is 0.341 e. The second-order valence-corrected chi connectivity index (χ2v) is 2.22. The second-order valence-electron chi connectivity index (χ2n) is 2.22. The lowest BCUT2D eigenvalue weighted by atomic mass is 10.2. The van der Waals surface area contributed by atoms with Gasteiger partial charge >= 0.3 is 5.97 Å². The first-order valence-corrected chi connectivity index (χ1v) is 3.69. The lowest BCUT2D eigenvalue weighted by Crippen LogP contribution is -2.06. The van der Waals surface area contributed by atoms with Crippen molar-refractivity contribution in [3.8, 4) is 0 Å². The summed E-state index contributed by atoms with van der Waals surface area (Å²) in [7, 11) is 0. The van der Waals surface area contributed by atoms with E-state index in [0.29, 0.717) is 0 Å². The molecule has 13 heavy (non-hydrogen) atoms. The zero-order valence-corrected chi connectivity index (χ0v) is 6.92. The molecule has 0 amide bonds. The van der Waals surface area contributed by atoms with Crippen molar-refractivity contribution >= 4 is 5.97 Å².